The second kappa shape index (κ2) is 6.04. The lowest BCUT2D eigenvalue weighted by atomic mass is 10.1. The highest BCUT2D eigenvalue weighted by molar-refractivity contribution is 7.99. The highest BCUT2D eigenvalue weighted by Gasteiger charge is 2.19. The van der Waals surface area contributed by atoms with Gasteiger partial charge in [0.1, 0.15) is 5.82 Å². The molecule has 21 heavy (non-hydrogen) atoms. The number of carbonyl (C=O) groups excluding carboxylic acids is 1. The molecule has 0 atom stereocenters. The summed E-state index contributed by atoms with van der Waals surface area (Å²) < 4.78 is 1.87. The molecule has 1 heterocycles. The Hall–Kier alpha value is -2.22. The minimum atomic E-state index is -0.492. The molecule has 0 N–H and O–H groups in total. The van der Waals surface area contributed by atoms with Crippen molar-refractivity contribution in [2.24, 2.45) is 0 Å². The molecule has 0 saturated heterocycles. The summed E-state index contributed by atoms with van der Waals surface area (Å²) in [6, 6.07) is 4.45. The largest absolute Gasteiger partial charge is 0.306 e. The van der Waals surface area contributed by atoms with Gasteiger partial charge in [-0.15, -0.1) is 10.2 Å². The minimum absolute atomic E-state index is 0.101. The minimum Gasteiger partial charge on any atom is -0.306 e. The summed E-state index contributed by atoms with van der Waals surface area (Å²) in [4.78, 5) is 22.5. The van der Waals surface area contributed by atoms with E-state index in [2.05, 4.69) is 10.2 Å². The van der Waals surface area contributed by atoms with Crippen molar-refractivity contribution >= 4 is 23.2 Å². The predicted octanol–water partition coefficient (Wildman–Crippen LogP) is 2.87. The van der Waals surface area contributed by atoms with E-state index in [0.717, 1.165) is 5.82 Å². The number of hydrogen-bond donors (Lipinski definition) is 0. The Kier molecular flexibility index (Phi) is 4.37. The van der Waals surface area contributed by atoms with E-state index < -0.39 is 4.92 Å². The number of nitro benzene ring substituents is 1. The van der Waals surface area contributed by atoms with Crippen LogP contribution in [0.3, 0.4) is 0 Å². The summed E-state index contributed by atoms with van der Waals surface area (Å²) in [5.74, 6) is 0.547. The first-order chi connectivity index (χ1) is 9.93. The number of Topliss-reactive ketones (excluding diaryl/α,β-unsaturated/α-hetero) is 1. The molecular weight excluding hydrogens is 292 g/mol. The smallest absolute Gasteiger partial charge is 0.284 e. The van der Waals surface area contributed by atoms with Crippen LogP contribution in [0.2, 0.25) is 0 Å². The lowest BCUT2D eigenvalue weighted by molar-refractivity contribution is -0.387. The third-order valence-electron chi connectivity index (χ3n) is 2.98. The molecule has 110 valence electrons. The Bertz CT molecular complexity index is 711. The molecule has 0 unspecified atom stereocenters. The van der Waals surface area contributed by atoms with Crippen LogP contribution in [0, 0.1) is 17.0 Å². The molecule has 1 aromatic heterocycles. The normalized spacial score (nSPS) is 10.6. The van der Waals surface area contributed by atoms with Crippen LogP contribution in [-0.4, -0.2) is 25.5 Å². The van der Waals surface area contributed by atoms with E-state index in [-0.39, 0.29) is 11.5 Å². The summed E-state index contributed by atoms with van der Waals surface area (Å²) >= 11 is 1.17. The van der Waals surface area contributed by atoms with Crippen molar-refractivity contribution in [3.63, 3.8) is 0 Å². The molecule has 0 amide bonds. The molecular formula is C13H14N4O3S. The molecule has 8 heteroatoms. The maximum Gasteiger partial charge on any atom is 0.284 e. The van der Waals surface area contributed by atoms with Gasteiger partial charge in [-0.1, -0.05) is 0 Å². The van der Waals surface area contributed by atoms with E-state index in [1.807, 2.05) is 18.4 Å². The quantitative estimate of drug-likeness (QED) is 0.479. The first-order valence-electron chi connectivity index (χ1n) is 6.31. The van der Waals surface area contributed by atoms with Gasteiger partial charge in [-0.05, 0) is 44.7 Å². The van der Waals surface area contributed by atoms with Gasteiger partial charge in [-0.2, -0.15) is 0 Å². The molecule has 2 aromatic rings. The van der Waals surface area contributed by atoms with Gasteiger partial charge in [0.05, 0.1) is 9.82 Å². The Labute approximate surface area is 125 Å². The zero-order valence-corrected chi connectivity index (χ0v) is 12.7. The van der Waals surface area contributed by atoms with E-state index in [1.54, 1.807) is 12.1 Å². The molecule has 1 aromatic carbocycles. The standard InChI is InChI=1S/C13H14N4O3S/c1-4-16-9(3)14-15-13(16)21-12-6-5-10(8(2)18)7-11(12)17(19)20/h5-7H,4H2,1-3H3. The molecule has 0 saturated carbocycles. The lowest BCUT2D eigenvalue weighted by Crippen LogP contribution is -2.00. The monoisotopic (exact) mass is 306 g/mol. The van der Waals surface area contributed by atoms with E-state index in [0.29, 0.717) is 22.2 Å². The van der Waals surface area contributed by atoms with Crippen molar-refractivity contribution < 1.29 is 9.72 Å². The fraction of sp³-hybridized carbons (Fsp3) is 0.308. The van der Waals surface area contributed by atoms with Gasteiger partial charge < -0.3 is 4.57 Å². The van der Waals surface area contributed by atoms with Gasteiger partial charge in [0, 0.05) is 18.2 Å². The number of hydrogen-bond acceptors (Lipinski definition) is 6. The highest BCUT2D eigenvalue weighted by atomic mass is 32.2. The zero-order valence-electron chi connectivity index (χ0n) is 11.9. The van der Waals surface area contributed by atoms with Crippen molar-refractivity contribution in [3.05, 3.63) is 39.7 Å². The second-order valence-corrected chi connectivity index (χ2v) is 5.38. The van der Waals surface area contributed by atoms with Crippen LogP contribution in [0.5, 0.6) is 0 Å². The Balaban J connectivity index is 2.44. The third-order valence-corrected chi connectivity index (χ3v) is 4.03. The number of benzene rings is 1. The van der Waals surface area contributed by atoms with Crippen LogP contribution < -0.4 is 0 Å². The van der Waals surface area contributed by atoms with Gasteiger partial charge in [-0.3, -0.25) is 14.9 Å². The SMILES string of the molecule is CCn1c(C)nnc1Sc1ccc(C(C)=O)cc1[N+](=O)[O-]. The summed E-state index contributed by atoms with van der Waals surface area (Å²) in [6.45, 7) is 5.84. The van der Waals surface area contributed by atoms with Crippen LogP contribution in [0.1, 0.15) is 30.0 Å². The van der Waals surface area contributed by atoms with Gasteiger partial charge in [-0.25, -0.2) is 0 Å². The summed E-state index contributed by atoms with van der Waals surface area (Å²) in [5.41, 5.74) is 0.218. The van der Waals surface area contributed by atoms with Crippen LogP contribution in [-0.2, 0) is 6.54 Å². The topological polar surface area (TPSA) is 90.9 Å². The maximum atomic E-state index is 11.3. The molecule has 0 aliphatic heterocycles. The van der Waals surface area contributed by atoms with E-state index in [1.165, 1.54) is 24.8 Å². The second-order valence-electron chi connectivity index (χ2n) is 4.37. The van der Waals surface area contributed by atoms with Crippen molar-refractivity contribution in [1.29, 1.82) is 0 Å². The van der Waals surface area contributed by atoms with Crippen molar-refractivity contribution in [3.8, 4) is 0 Å². The molecule has 0 aliphatic carbocycles. The van der Waals surface area contributed by atoms with Gasteiger partial charge in [0.15, 0.2) is 10.9 Å². The van der Waals surface area contributed by atoms with E-state index in [9.17, 15) is 14.9 Å². The average molecular weight is 306 g/mol. The van der Waals surface area contributed by atoms with E-state index >= 15 is 0 Å². The Morgan fingerprint density at radius 1 is 1.43 bits per heavy atom. The predicted molar refractivity (Wildman–Crippen MR) is 77.7 cm³/mol. The maximum absolute atomic E-state index is 11.3. The van der Waals surface area contributed by atoms with E-state index in [4.69, 9.17) is 0 Å². The fourth-order valence-corrected chi connectivity index (χ4v) is 2.89. The van der Waals surface area contributed by atoms with Gasteiger partial charge in [0.25, 0.3) is 5.69 Å². The van der Waals surface area contributed by atoms with Crippen molar-refractivity contribution in [1.82, 2.24) is 14.8 Å². The Morgan fingerprint density at radius 3 is 2.71 bits per heavy atom. The van der Waals surface area contributed by atoms with Crippen LogP contribution in [0.25, 0.3) is 0 Å². The first kappa shape index (κ1) is 15.2. The number of carbonyl (C=O) groups is 1. The summed E-state index contributed by atoms with van der Waals surface area (Å²) in [7, 11) is 0. The van der Waals surface area contributed by atoms with Crippen LogP contribution in [0.15, 0.2) is 28.3 Å². The molecule has 7 nitrogen and oxygen atoms in total. The first-order valence-corrected chi connectivity index (χ1v) is 7.12. The van der Waals surface area contributed by atoms with Crippen molar-refractivity contribution in [2.75, 3.05) is 0 Å². The molecule has 0 radical (unpaired) electrons. The summed E-state index contributed by atoms with van der Waals surface area (Å²) in [6.07, 6.45) is 0. The zero-order chi connectivity index (χ0) is 15.6. The number of ketones is 1. The number of nitro groups is 1. The average Bonchev–Trinajstić information content (AvgIpc) is 2.78. The number of aryl methyl sites for hydroxylation is 1. The Morgan fingerprint density at radius 2 is 2.14 bits per heavy atom. The third kappa shape index (κ3) is 3.10. The molecule has 0 bridgehead atoms. The van der Waals surface area contributed by atoms with Crippen LogP contribution in [0.4, 0.5) is 5.69 Å². The molecule has 0 fully saturated rings. The molecule has 0 spiro atoms. The number of aromatic nitrogens is 3. The van der Waals surface area contributed by atoms with Gasteiger partial charge in [0.2, 0.25) is 0 Å². The van der Waals surface area contributed by atoms with Crippen molar-refractivity contribution in [2.45, 2.75) is 37.4 Å². The number of rotatable bonds is 5. The fourth-order valence-electron chi connectivity index (χ4n) is 1.86. The highest BCUT2D eigenvalue weighted by Crippen LogP contribution is 2.34. The molecule has 2 rings (SSSR count). The molecule has 0 aliphatic rings. The lowest BCUT2D eigenvalue weighted by Gasteiger charge is -2.06. The summed E-state index contributed by atoms with van der Waals surface area (Å²) in [5, 5.41) is 19.8. The van der Waals surface area contributed by atoms with Gasteiger partial charge >= 0.3 is 0 Å². The number of nitrogens with zero attached hydrogens (tertiary/aromatic N) is 4. The van der Waals surface area contributed by atoms with Crippen LogP contribution >= 0.6 is 11.8 Å².